The van der Waals surface area contributed by atoms with Gasteiger partial charge in [-0.2, -0.15) is 0 Å². The third kappa shape index (κ3) is 2.81. The van der Waals surface area contributed by atoms with Gasteiger partial charge in [-0.1, -0.05) is 12.1 Å². The molecule has 102 valence electrons. The Labute approximate surface area is 112 Å². The van der Waals surface area contributed by atoms with Gasteiger partial charge in [0, 0.05) is 12.6 Å². The smallest absolute Gasteiger partial charge is 0.264 e. The van der Waals surface area contributed by atoms with E-state index in [1.54, 1.807) is 0 Å². The summed E-state index contributed by atoms with van der Waals surface area (Å²) in [6, 6.07) is 7.79. The lowest BCUT2D eigenvalue weighted by atomic mass is 10.2. The highest BCUT2D eigenvalue weighted by atomic mass is 16.6. The van der Waals surface area contributed by atoms with Crippen molar-refractivity contribution in [1.29, 1.82) is 0 Å². The SMILES string of the molecule is O=C(NC[C@H]1CCCN1)[C@@H]1COc2ccccc2O1. The molecule has 0 spiro atoms. The fourth-order valence-electron chi connectivity index (χ4n) is 2.42. The summed E-state index contributed by atoms with van der Waals surface area (Å²) in [5.41, 5.74) is 0. The molecule has 1 saturated heterocycles. The molecule has 2 atom stereocenters. The number of carbonyl (C=O) groups excluding carboxylic acids is 1. The van der Waals surface area contributed by atoms with Crippen LogP contribution in [-0.4, -0.2) is 37.7 Å². The van der Waals surface area contributed by atoms with Gasteiger partial charge in [-0.25, -0.2) is 0 Å². The monoisotopic (exact) mass is 262 g/mol. The van der Waals surface area contributed by atoms with Crippen molar-refractivity contribution >= 4 is 5.91 Å². The molecule has 1 amide bonds. The van der Waals surface area contributed by atoms with E-state index in [9.17, 15) is 4.79 Å². The second-order valence-corrected chi connectivity index (χ2v) is 4.90. The largest absolute Gasteiger partial charge is 0.485 e. The van der Waals surface area contributed by atoms with Crippen LogP contribution < -0.4 is 20.1 Å². The molecule has 0 unspecified atom stereocenters. The first-order valence-electron chi connectivity index (χ1n) is 6.72. The third-order valence-corrected chi connectivity index (χ3v) is 3.49. The van der Waals surface area contributed by atoms with E-state index in [0.29, 0.717) is 24.1 Å². The lowest BCUT2D eigenvalue weighted by Gasteiger charge is -2.26. The van der Waals surface area contributed by atoms with E-state index >= 15 is 0 Å². The number of carbonyl (C=O) groups is 1. The fraction of sp³-hybridized carbons (Fsp3) is 0.500. The van der Waals surface area contributed by atoms with Gasteiger partial charge in [-0.15, -0.1) is 0 Å². The van der Waals surface area contributed by atoms with Crippen LogP contribution in [-0.2, 0) is 4.79 Å². The van der Waals surface area contributed by atoms with E-state index in [2.05, 4.69) is 10.6 Å². The van der Waals surface area contributed by atoms with Crippen molar-refractivity contribution in [3.05, 3.63) is 24.3 Å². The van der Waals surface area contributed by atoms with Crippen LogP contribution in [0, 0.1) is 0 Å². The summed E-state index contributed by atoms with van der Waals surface area (Å²) in [4.78, 5) is 12.0. The average molecular weight is 262 g/mol. The molecule has 2 heterocycles. The molecule has 3 rings (SSSR count). The Morgan fingerprint density at radius 2 is 2.21 bits per heavy atom. The summed E-state index contributed by atoms with van der Waals surface area (Å²) in [7, 11) is 0. The first kappa shape index (κ1) is 12.3. The normalized spacial score (nSPS) is 25.1. The number of fused-ring (bicyclic) bond motifs is 1. The van der Waals surface area contributed by atoms with Crippen LogP contribution in [0.2, 0.25) is 0 Å². The molecule has 5 heteroatoms. The second-order valence-electron chi connectivity index (χ2n) is 4.90. The number of ether oxygens (including phenoxy) is 2. The zero-order valence-corrected chi connectivity index (χ0v) is 10.7. The van der Waals surface area contributed by atoms with E-state index in [0.717, 1.165) is 13.0 Å². The minimum atomic E-state index is -0.559. The van der Waals surface area contributed by atoms with Gasteiger partial charge in [0.1, 0.15) is 6.61 Å². The Morgan fingerprint density at radius 1 is 1.37 bits per heavy atom. The van der Waals surface area contributed by atoms with E-state index in [1.807, 2.05) is 24.3 Å². The van der Waals surface area contributed by atoms with Crippen LogP contribution in [0.3, 0.4) is 0 Å². The summed E-state index contributed by atoms with van der Waals surface area (Å²) in [6.07, 6.45) is 1.73. The number of para-hydroxylation sites is 2. The number of amides is 1. The predicted octanol–water partition coefficient (Wildman–Crippen LogP) is 0.695. The van der Waals surface area contributed by atoms with Gasteiger partial charge in [0.05, 0.1) is 0 Å². The molecule has 2 N–H and O–H groups in total. The maximum Gasteiger partial charge on any atom is 0.264 e. The van der Waals surface area contributed by atoms with Crippen LogP contribution in [0.5, 0.6) is 11.5 Å². The lowest BCUT2D eigenvalue weighted by molar-refractivity contribution is -0.130. The molecule has 1 aromatic rings. The Balaban J connectivity index is 1.54. The van der Waals surface area contributed by atoms with Gasteiger partial charge in [-0.3, -0.25) is 4.79 Å². The highest BCUT2D eigenvalue weighted by Gasteiger charge is 2.27. The first-order chi connectivity index (χ1) is 9.33. The molecule has 2 aliphatic rings. The Bertz CT molecular complexity index is 458. The molecule has 1 fully saturated rings. The van der Waals surface area contributed by atoms with E-state index < -0.39 is 6.10 Å². The lowest BCUT2D eigenvalue weighted by Crippen LogP contribution is -2.47. The topological polar surface area (TPSA) is 59.6 Å². The van der Waals surface area contributed by atoms with Gasteiger partial charge in [0.15, 0.2) is 11.5 Å². The van der Waals surface area contributed by atoms with Crippen LogP contribution in [0.1, 0.15) is 12.8 Å². The van der Waals surface area contributed by atoms with Crippen molar-refractivity contribution in [3.8, 4) is 11.5 Å². The summed E-state index contributed by atoms with van der Waals surface area (Å²) < 4.78 is 11.2. The van der Waals surface area contributed by atoms with Gasteiger partial charge >= 0.3 is 0 Å². The summed E-state index contributed by atoms with van der Waals surface area (Å²) in [5, 5.41) is 6.26. The Kier molecular flexibility index (Phi) is 3.55. The number of hydrogen-bond acceptors (Lipinski definition) is 4. The Hall–Kier alpha value is -1.75. The minimum Gasteiger partial charge on any atom is -0.485 e. The molecule has 0 aromatic heterocycles. The van der Waals surface area contributed by atoms with Crippen LogP contribution in [0.4, 0.5) is 0 Å². The van der Waals surface area contributed by atoms with Crippen LogP contribution >= 0.6 is 0 Å². The second kappa shape index (κ2) is 5.48. The molecule has 5 nitrogen and oxygen atoms in total. The zero-order valence-electron chi connectivity index (χ0n) is 10.7. The van der Waals surface area contributed by atoms with Crippen molar-refractivity contribution in [2.45, 2.75) is 25.0 Å². The first-order valence-corrected chi connectivity index (χ1v) is 6.72. The summed E-state index contributed by atoms with van der Waals surface area (Å²) in [6.45, 7) is 1.96. The number of nitrogens with one attached hydrogen (secondary N) is 2. The molecule has 2 aliphatic heterocycles. The molecule has 19 heavy (non-hydrogen) atoms. The third-order valence-electron chi connectivity index (χ3n) is 3.49. The number of benzene rings is 1. The van der Waals surface area contributed by atoms with E-state index in [-0.39, 0.29) is 12.5 Å². The molecular formula is C14H18N2O3. The maximum absolute atomic E-state index is 12.0. The predicted molar refractivity (Wildman–Crippen MR) is 70.4 cm³/mol. The number of rotatable bonds is 3. The Morgan fingerprint density at radius 3 is 3.00 bits per heavy atom. The van der Waals surface area contributed by atoms with Gasteiger partial charge in [-0.05, 0) is 31.5 Å². The van der Waals surface area contributed by atoms with Crippen LogP contribution in [0.15, 0.2) is 24.3 Å². The van der Waals surface area contributed by atoms with Gasteiger partial charge < -0.3 is 20.1 Å². The van der Waals surface area contributed by atoms with Crippen molar-refractivity contribution in [3.63, 3.8) is 0 Å². The quantitative estimate of drug-likeness (QED) is 0.841. The summed E-state index contributed by atoms with van der Waals surface area (Å²) >= 11 is 0. The average Bonchev–Trinajstić information content (AvgIpc) is 2.97. The van der Waals surface area contributed by atoms with Gasteiger partial charge in [0.2, 0.25) is 6.10 Å². The highest BCUT2D eigenvalue weighted by Crippen LogP contribution is 2.30. The standard InChI is InChI=1S/C14H18N2O3/c17-14(16-8-10-4-3-7-15-10)13-9-18-11-5-1-2-6-12(11)19-13/h1-2,5-6,10,13,15H,3-4,7-9H2,(H,16,17)/t10-,13+/m1/s1. The molecule has 1 aromatic carbocycles. The van der Waals surface area contributed by atoms with Crippen molar-refractivity contribution < 1.29 is 14.3 Å². The van der Waals surface area contributed by atoms with Crippen molar-refractivity contribution in [2.75, 3.05) is 19.7 Å². The number of hydrogen-bond donors (Lipinski definition) is 2. The molecule has 0 bridgehead atoms. The minimum absolute atomic E-state index is 0.108. The molecule has 0 saturated carbocycles. The molecule has 0 radical (unpaired) electrons. The fourth-order valence-corrected chi connectivity index (χ4v) is 2.42. The zero-order chi connectivity index (χ0) is 13.1. The maximum atomic E-state index is 12.0. The van der Waals surface area contributed by atoms with E-state index in [4.69, 9.17) is 9.47 Å². The van der Waals surface area contributed by atoms with Crippen molar-refractivity contribution in [1.82, 2.24) is 10.6 Å². The summed E-state index contributed by atoms with van der Waals surface area (Å²) in [5.74, 6) is 1.22. The van der Waals surface area contributed by atoms with Gasteiger partial charge in [0.25, 0.3) is 5.91 Å². The van der Waals surface area contributed by atoms with Crippen LogP contribution in [0.25, 0.3) is 0 Å². The highest BCUT2D eigenvalue weighted by molar-refractivity contribution is 5.81. The van der Waals surface area contributed by atoms with E-state index in [1.165, 1.54) is 6.42 Å². The molecule has 0 aliphatic carbocycles. The van der Waals surface area contributed by atoms with Crippen molar-refractivity contribution in [2.24, 2.45) is 0 Å². The molecular weight excluding hydrogens is 244 g/mol.